The van der Waals surface area contributed by atoms with Crippen LogP contribution in [0.1, 0.15) is 0 Å². The van der Waals surface area contributed by atoms with Gasteiger partial charge in [0.15, 0.2) is 0 Å². The van der Waals surface area contributed by atoms with Crippen molar-refractivity contribution in [2.75, 3.05) is 0 Å². The summed E-state index contributed by atoms with van der Waals surface area (Å²) in [7, 11) is -16.5. The van der Waals surface area contributed by atoms with Gasteiger partial charge >= 0.3 is 23.5 Å². The molecule has 0 amide bonds. The topological polar surface area (TPSA) is 200 Å². The molecule has 12 nitrogen and oxygen atoms in total. The molecular formula is C6H9O12P3. The van der Waals surface area contributed by atoms with Crippen LogP contribution in [0.2, 0.25) is 0 Å². The second kappa shape index (κ2) is 6.05. The third-order valence-electron chi connectivity index (χ3n) is 1.51. The van der Waals surface area contributed by atoms with E-state index in [1.54, 1.807) is 0 Å². The molecule has 1 aromatic carbocycles. The Bertz CT molecular complexity index is 643. The maximum atomic E-state index is 11.4. The van der Waals surface area contributed by atoms with E-state index in [1.807, 2.05) is 0 Å². The highest BCUT2D eigenvalue weighted by Gasteiger charge is 2.41. The van der Waals surface area contributed by atoms with Crippen LogP contribution in [0.15, 0.2) is 18.2 Å². The number of hydrogen-bond acceptors (Lipinski definition) is 8. The number of phenols is 2. The zero-order valence-corrected chi connectivity index (χ0v) is 12.4. The van der Waals surface area contributed by atoms with E-state index in [4.69, 9.17) is 29.8 Å². The average molecular weight is 366 g/mol. The minimum atomic E-state index is -5.62. The Morgan fingerprint density at radius 3 is 1.67 bits per heavy atom. The van der Waals surface area contributed by atoms with Crippen LogP contribution in [-0.4, -0.2) is 29.8 Å². The van der Waals surface area contributed by atoms with Crippen LogP contribution in [0.4, 0.5) is 0 Å². The van der Waals surface area contributed by atoms with Gasteiger partial charge in [-0.15, -0.1) is 0 Å². The lowest BCUT2D eigenvalue weighted by molar-refractivity contribution is 0.207. The van der Waals surface area contributed by atoms with E-state index in [1.165, 1.54) is 0 Å². The third-order valence-corrected chi connectivity index (χ3v) is 5.28. The van der Waals surface area contributed by atoms with Crippen molar-refractivity contribution in [1.82, 2.24) is 0 Å². The van der Waals surface area contributed by atoms with Crippen LogP contribution in [-0.2, 0) is 22.3 Å². The molecule has 15 heteroatoms. The monoisotopic (exact) mass is 366 g/mol. The maximum Gasteiger partial charge on any atom is 0.536 e. The number of hydrogen-bond donors (Lipinski definition) is 6. The summed E-state index contributed by atoms with van der Waals surface area (Å²) in [4.78, 5) is 34.7. The summed E-state index contributed by atoms with van der Waals surface area (Å²) in [6.45, 7) is 0. The Morgan fingerprint density at radius 1 is 0.762 bits per heavy atom. The lowest BCUT2D eigenvalue weighted by Crippen LogP contribution is -1.98. The van der Waals surface area contributed by atoms with Crippen molar-refractivity contribution >= 4 is 23.5 Å². The highest BCUT2D eigenvalue weighted by molar-refractivity contribution is 7.66. The van der Waals surface area contributed by atoms with Gasteiger partial charge in [-0.3, -0.25) is 4.89 Å². The first-order valence-corrected chi connectivity index (χ1v) is 9.17. The molecule has 1 rings (SSSR count). The summed E-state index contributed by atoms with van der Waals surface area (Å²) >= 11 is 0. The summed E-state index contributed by atoms with van der Waals surface area (Å²) in [5.74, 6) is -1.76. The van der Waals surface area contributed by atoms with Gasteiger partial charge in [-0.05, 0) is 0 Å². The third kappa shape index (κ3) is 7.05. The van der Waals surface area contributed by atoms with Crippen molar-refractivity contribution in [1.29, 1.82) is 0 Å². The van der Waals surface area contributed by atoms with Gasteiger partial charge in [0.05, 0.1) is 0 Å². The summed E-state index contributed by atoms with van der Waals surface area (Å²) < 4.78 is 43.9. The average Bonchev–Trinajstić information content (AvgIpc) is 2.06. The molecule has 0 heterocycles. The Hall–Kier alpha value is -0.930. The SMILES string of the molecule is O=P(O)(O)OP(=O)(O)OP(=O)(O)Oc1cc(O)cc(O)c1. The van der Waals surface area contributed by atoms with Crippen LogP contribution >= 0.6 is 23.5 Å². The highest BCUT2D eigenvalue weighted by atomic mass is 31.3. The number of rotatable bonds is 6. The minimum absolute atomic E-state index is 0.566. The maximum absolute atomic E-state index is 11.4. The van der Waals surface area contributed by atoms with Gasteiger partial charge < -0.3 is 29.4 Å². The molecule has 6 N–H and O–H groups in total. The van der Waals surface area contributed by atoms with E-state index in [-0.39, 0.29) is 0 Å². The van der Waals surface area contributed by atoms with Crippen molar-refractivity contribution < 1.29 is 56.6 Å². The molecule has 0 saturated carbocycles. The van der Waals surface area contributed by atoms with Crippen LogP contribution in [0.5, 0.6) is 17.2 Å². The normalized spacial score (nSPS) is 17.7. The highest BCUT2D eigenvalue weighted by Crippen LogP contribution is 2.66. The molecular weight excluding hydrogens is 357 g/mol. The molecule has 0 bridgehead atoms. The second-order valence-corrected chi connectivity index (χ2v) is 7.71. The predicted octanol–water partition coefficient (Wildman–Crippen LogP) is 0.803. The first-order valence-electron chi connectivity index (χ1n) is 4.64. The molecule has 0 radical (unpaired) electrons. The van der Waals surface area contributed by atoms with E-state index in [0.717, 1.165) is 18.2 Å². The Balaban J connectivity index is 2.89. The fourth-order valence-electron chi connectivity index (χ4n) is 1.05. The number of phenolic OH excluding ortho intramolecular Hbond substituents is 2. The molecule has 1 aromatic rings. The van der Waals surface area contributed by atoms with Gasteiger partial charge in [-0.25, -0.2) is 13.7 Å². The van der Waals surface area contributed by atoms with E-state index in [2.05, 4.69) is 13.1 Å². The van der Waals surface area contributed by atoms with Gasteiger partial charge in [0.25, 0.3) is 0 Å². The molecule has 2 atom stereocenters. The predicted molar refractivity (Wildman–Crippen MR) is 64.3 cm³/mol. The van der Waals surface area contributed by atoms with Crippen molar-refractivity contribution in [3.63, 3.8) is 0 Å². The molecule has 0 aliphatic carbocycles. The fourth-order valence-corrected chi connectivity index (χ4v) is 4.06. The zero-order chi connectivity index (χ0) is 16.5. The second-order valence-electron chi connectivity index (χ2n) is 3.37. The van der Waals surface area contributed by atoms with Crippen LogP contribution in [0, 0.1) is 0 Å². The molecule has 120 valence electrons. The number of aromatic hydroxyl groups is 2. The van der Waals surface area contributed by atoms with Gasteiger partial charge in [-0.2, -0.15) is 8.62 Å². The van der Waals surface area contributed by atoms with Gasteiger partial charge in [-0.1, -0.05) is 0 Å². The summed E-state index contributed by atoms with van der Waals surface area (Å²) in [6.07, 6.45) is 0. The summed E-state index contributed by atoms with van der Waals surface area (Å²) in [5, 5.41) is 18.2. The number of benzene rings is 1. The first-order chi connectivity index (χ1) is 9.28. The number of phosphoric acid groups is 3. The zero-order valence-electron chi connectivity index (χ0n) is 9.71. The Kier molecular flexibility index (Phi) is 5.22. The molecule has 2 unspecified atom stereocenters. The lowest BCUT2D eigenvalue weighted by atomic mass is 10.3. The van der Waals surface area contributed by atoms with E-state index < -0.39 is 40.7 Å². The molecule has 21 heavy (non-hydrogen) atoms. The van der Waals surface area contributed by atoms with Crippen molar-refractivity contribution in [3.8, 4) is 17.2 Å². The standard InChI is InChI=1S/C6H9O12P3/c7-4-1-5(8)3-6(2-4)16-20(12,13)18-21(14,15)17-19(9,10)11/h1-3,7-8H,(H,12,13)(H,14,15)(H2,9,10,11). The van der Waals surface area contributed by atoms with E-state index in [9.17, 15) is 13.7 Å². The van der Waals surface area contributed by atoms with Crippen molar-refractivity contribution in [3.05, 3.63) is 18.2 Å². The van der Waals surface area contributed by atoms with E-state index >= 15 is 0 Å². The Morgan fingerprint density at radius 2 is 1.24 bits per heavy atom. The summed E-state index contributed by atoms with van der Waals surface area (Å²) in [6, 6.07) is 2.35. The van der Waals surface area contributed by atoms with E-state index in [0.29, 0.717) is 0 Å². The lowest BCUT2D eigenvalue weighted by Gasteiger charge is -2.16. The van der Waals surface area contributed by atoms with Crippen LogP contribution in [0.3, 0.4) is 0 Å². The molecule has 0 saturated heterocycles. The largest absolute Gasteiger partial charge is 0.536 e. The van der Waals surface area contributed by atoms with Crippen LogP contribution < -0.4 is 4.52 Å². The van der Waals surface area contributed by atoms with Crippen LogP contribution in [0.25, 0.3) is 0 Å². The molecule has 0 aromatic heterocycles. The first kappa shape index (κ1) is 18.1. The molecule has 0 spiro atoms. The summed E-state index contributed by atoms with van der Waals surface area (Å²) in [5.41, 5.74) is 0. The Labute approximate surface area is 116 Å². The van der Waals surface area contributed by atoms with Crippen molar-refractivity contribution in [2.24, 2.45) is 0 Å². The van der Waals surface area contributed by atoms with Gasteiger partial charge in [0, 0.05) is 18.2 Å². The smallest absolute Gasteiger partial charge is 0.508 e. The fraction of sp³-hybridized carbons (Fsp3) is 0. The van der Waals surface area contributed by atoms with Crippen molar-refractivity contribution in [2.45, 2.75) is 0 Å². The molecule has 0 fully saturated rings. The van der Waals surface area contributed by atoms with Gasteiger partial charge in [0.1, 0.15) is 17.2 Å². The van der Waals surface area contributed by atoms with Gasteiger partial charge in [0.2, 0.25) is 0 Å². The number of phosphoric ester groups is 1. The quantitative estimate of drug-likeness (QED) is 0.387. The molecule has 0 aliphatic heterocycles. The molecule has 0 aliphatic rings. The minimum Gasteiger partial charge on any atom is -0.508 e.